The van der Waals surface area contributed by atoms with Crippen LogP contribution < -0.4 is 5.32 Å². The predicted octanol–water partition coefficient (Wildman–Crippen LogP) is -0.648. The van der Waals surface area contributed by atoms with Gasteiger partial charge in [-0.1, -0.05) is 12.2 Å². The van der Waals surface area contributed by atoms with Crippen molar-refractivity contribution in [1.29, 1.82) is 0 Å². The second-order valence-electron chi connectivity index (χ2n) is 4.11. The Morgan fingerprint density at radius 1 is 1.53 bits per heavy atom. The van der Waals surface area contributed by atoms with E-state index in [0.717, 1.165) is 0 Å². The van der Waals surface area contributed by atoms with E-state index >= 15 is 0 Å². The Hall–Kier alpha value is -1.01. The summed E-state index contributed by atoms with van der Waals surface area (Å²) >= 11 is 0. The fraction of sp³-hybridized carbons (Fsp3) is 0.556. The van der Waals surface area contributed by atoms with Crippen LogP contribution in [0.25, 0.3) is 0 Å². The van der Waals surface area contributed by atoms with Crippen LogP contribution in [-0.4, -0.2) is 45.4 Å². The lowest BCUT2D eigenvalue weighted by Gasteiger charge is -2.34. The number of carboxylic acid groups (broad SMARTS) is 1. The molecular formula is C9H14NO6P. The molecule has 96 valence electrons. The fourth-order valence-corrected chi connectivity index (χ4v) is 2.47. The number of carbonyl (C=O) groups is 2. The molecule has 0 aliphatic carbocycles. The molecule has 0 aromatic rings. The molecule has 1 heterocycles. The lowest BCUT2D eigenvalue weighted by molar-refractivity contribution is -0.145. The number of hydrogen-bond donors (Lipinski definition) is 4. The second kappa shape index (κ2) is 4.70. The summed E-state index contributed by atoms with van der Waals surface area (Å²) < 4.78 is 10.8. The normalized spacial score (nSPS) is 29.0. The second-order valence-corrected chi connectivity index (χ2v) is 5.76. The van der Waals surface area contributed by atoms with E-state index in [1.54, 1.807) is 6.08 Å². The molecule has 0 spiro atoms. The maximum absolute atomic E-state index is 11.8. The molecule has 2 atom stereocenters. The maximum atomic E-state index is 11.8. The predicted molar refractivity (Wildman–Crippen MR) is 58.6 cm³/mol. The quantitative estimate of drug-likeness (QED) is 0.392. The topological polar surface area (TPSA) is 124 Å². The van der Waals surface area contributed by atoms with Gasteiger partial charge in [-0.25, -0.2) is 0 Å². The van der Waals surface area contributed by atoms with Crippen LogP contribution in [0.4, 0.5) is 0 Å². The molecule has 0 fully saturated rings. The smallest absolute Gasteiger partial charge is 0.332 e. The van der Waals surface area contributed by atoms with Crippen molar-refractivity contribution < 1.29 is 29.0 Å². The van der Waals surface area contributed by atoms with Crippen molar-refractivity contribution in [2.75, 3.05) is 12.7 Å². The third kappa shape index (κ3) is 3.23. The number of rotatable bonds is 4. The van der Waals surface area contributed by atoms with Crippen molar-refractivity contribution in [3.8, 4) is 0 Å². The minimum absolute atomic E-state index is 0.301. The molecule has 0 aromatic heterocycles. The van der Waals surface area contributed by atoms with Crippen molar-refractivity contribution in [1.82, 2.24) is 5.32 Å². The molecule has 0 radical (unpaired) electrons. The number of Topliss-reactive ketones (excluding diaryl/α,β-unsaturated/α-hetero) is 1. The average Bonchev–Trinajstić information content (AvgIpc) is 2.15. The van der Waals surface area contributed by atoms with E-state index in [0.29, 0.717) is 6.54 Å². The lowest BCUT2D eigenvalue weighted by atomic mass is 9.76. The number of ketones is 1. The summed E-state index contributed by atoms with van der Waals surface area (Å²) in [4.78, 5) is 40.3. The summed E-state index contributed by atoms with van der Waals surface area (Å²) in [5, 5.41) is 11.6. The minimum atomic E-state index is -4.49. The number of aliphatic carboxylic acids is 1. The number of carboxylic acids is 1. The molecule has 0 saturated carbocycles. The molecule has 1 rings (SSSR count). The Morgan fingerprint density at radius 2 is 2.12 bits per heavy atom. The lowest BCUT2D eigenvalue weighted by Crippen LogP contribution is -2.55. The summed E-state index contributed by atoms with van der Waals surface area (Å²) in [5.74, 6) is -2.02. The molecule has 7 nitrogen and oxygen atoms in total. The van der Waals surface area contributed by atoms with Gasteiger partial charge in [0.2, 0.25) is 0 Å². The van der Waals surface area contributed by atoms with Crippen molar-refractivity contribution in [2.45, 2.75) is 13.0 Å². The first-order valence-corrected chi connectivity index (χ1v) is 6.68. The highest BCUT2D eigenvalue weighted by Gasteiger charge is 2.45. The van der Waals surface area contributed by atoms with E-state index in [-0.39, 0.29) is 0 Å². The summed E-state index contributed by atoms with van der Waals surface area (Å²) in [6.07, 6.45) is 2.00. The molecule has 4 N–H and O–H groups in total. The zero-order chi connectivity index (χ0) is 13.3. The molecule has 0 bridgehead atoms. The van der Waals surface area contributed by atoms with Crippen LogP contribution in [0, 0.1) is 5.41 Å². The van der Waals surface area contributed by atoms with Gasteiger partial charge in [0, 0.05) is 6.54 Å². The summed E-state index contributed by atoms with van der Waals surface area (Å²) in [6, 6.07) is -1.17. The van der Waals surface area contributed by atoms with Crippen LogP contribution in [0.3, 0.4) is 0 Å². The standard InChI is InChI=1S/C9H14NO6P/c1-9(6(11)5-17(14,15)16)3-2-4-10-7(9)8(12)13/h2-3,7,10H,4-5H2,1H3,(H,12,13)(H2,14,15,16)/t7-,9+/m0/s1. The van der Waals surface area contributed by atoms with Gasteiger partial charge in [0.1, 0.15) is 12.2 Å². The van der Waals surface area contributed by atoms with Crippen molar-refractivity contribution in [2.24, 2.45) is 5.41 Å². The van der Waals surface area contributed by atoms with Gasteiger partial charge < -0.3 is 14.9 Å². The van der Waals surface area contributed by atoms with Crippen molar-refractivity contribution in [3.05, 3.63) is 12.2 Å². The summed E-state index contributed by atoms with van der Waals surface area (Å²) in [5.41, 5.74) is -1.44. The van der Waals surface area contributed by atoms with Gasteiger partial charge in [-0.15, -0.1) is 0 Å². The molecule has 0 saturated heterocycles. The zero-order valence-corrected chi connectivity index (χ0v) is 10.1. The van der Waals surface area contributed by atoms with Gasteiger partial charge in [0.15, 0.2) is 5.78 Å². The Labute approximate surface area is 97.7 Å². The highest BCUT2D eigenvalue weighted by molar-refractivity contribution is 7.52. The van der Waals surface area contributed by atoms with Crippen LogP contribution in [0.2, 0.25) is 0 Å². The molecule has 1 aliphatic heterocycles. The van der Waals surface area contributed by atoms with E-state index < -0.39 is 37.0 Å². The van der Waals surface area contributed by atoms with E-state index in [4.69, 9.17) is 14.9 Å². The molecule has 0 aromatic carbocycles. The Balaban J connectivity index is 3.01. The van der Waals surface area contributed by atoms with Crippen LogP contribution in [0.1, 0.15) is 6.92 Å². The van der Waals surface area contributed by atoms with Gasteiger partial charge in [-0.3, -0.25) is 19.5 Å². The SMILES string of the molecule is C[C@]1(C(=O)CP(=O)(O)O)C=CCN[C@H]1C(=O)O. The maximum Gasteiger partial charge on any atom is 0.332 e. The molecule has 8 heteroatoms. The Morgan fingerprint density at radius 3 is 2.59 bits per heavy atom. The van der Waals surface area contributed by atoms with E-state index in [1.807, 2.05) is 0 Å². The van der Waals surface area contributed by atoms with Gasteiger partial charge in [-0.2, -0.15) is 0 Å². The first-order chi connectivity index (χ1) is 7.67. The third-order valence-corrected chi connectivity index (χ3v) is 3.40. The van der Waals surface area contributed by atoms with E-state index in [9.17, 15) is 14.2 Å². The monoisotopic (exact) mass is 263 g/mol. The summed E-state index contributed by atoms with van der Waals surface area (Å²) in [6.45, 7) is 1.65. The highest BCUT2D eigenvalue weighted by Crippen LogP contribution is 2.39. The largest absolute Gasteiger partial charge is 0.480 e. The van der Waals surface area contributed by atoms with Crippen LogP contribution in [0.5, 0.6) is 0 Å². The van der Waals surface area contributed by atoms with Crippen molar-refractivity contribution in [3.63, 3.8) is 0 Å². The first kappa shape index (κ1) is 14.1. The molecule has 17 heavy (non-hydrogen) atoms. The van der Waals surface area contributed by atoms with Gasteiger partial charge in [0.05, 0.1) is 5.41 Å². The van der Waals surface area contributed by atoms with Gasteiger partial charge in [0.25, 0.3) is 0 Å². The van der Waals surface area contributed by atoms with Crippen LogP contribution in [0.15, 0.2) is 12.2 Å². The van der Waals surface area contributed by atoms with Gasteiger partial charge >= 0.3 is 13.6 Å². The van der Waals surface area contributed by atoms with Crippen LogP contribution >= 0.6 is 7.60 Å². The third-order valence-electron chi connectivity index (χ3n) is 2.70. The summed E-state index contributed by atoms with van der Waals surface area (Å²) in [7, 11) is -4.49. The van der Waals surface area contributed by atoms with Crippen LogP contribution in [-0.2, 0) is 14.2 Å². The average molecular weight is 263 g/mol. The number of nitrogens with one attached hydrogen (secondary N) is 1. The molecule has 0 amide bonds. The van der Waals surface area contributed by atoms with E-state index in [1.165, 1.54) is 13.0 Å². The van der Waals surface area contributed by atoms with Gasteiger partial charge in [-0.05, 0) is 6.92 Å². The molecular weight excluding hydrogens is 249 g/mol. The first-order valence-electron chi connectivity index (χ1n) is 4.88. The Bertz CT molecular complexity index is 414. The number of carbonyl (C=O) groups excluding carboxylic acids is 1. The number of hydrogen-bond acceptors (Lipinski definition) is 4. The highest BCUT2D eigenvalue weighted by atomic mass is 31.2. The zero-order valence-electron chi connectivity index (χ0n) is 9.16. The van der Waals surface area contributed by atoms with Crippen molar-refractivity contribution >= 4 is 19.3 Å². The molecule has 0 unspecified atom stereocenters. The minimum Gasteiger partial charge on any atom is -0.480 e. The molecule has 1 aliphatic rings. The fourth-order valence-electron chi connectivity index (χ4n) is 1.75. The van der Waals surface area contributed by atoms with E-state index in [2.05, 4.69) is 5.32 Å². The Kier molecular flexibility index (Phi) is 3.88.